The average molecular weight is 231 g/mol. The summed E-state index contributed by atoms with van der Waals surface area (Å²) >= 11 is 0. The van der Waals surface area contributed by atoms with Gasteiger partial charge in [-0.2, -0.15) is 0 Å². The van der Waals surface area contributed by atoms with Crippen molar-refractivity contribution < 1.29 is 0 Å². The molecule has 1 radical (unpaired) electrons. The maximum Gasteiger partial charge on any atom is 0.248 e. The molecule has 17 heavy (non-hydrogen) atoms. The number of hydrogen-bond acceptors (Lipinski definition) is 2. The Morgan fingerprint density at radius 3 is 1.71 bits per heavy atom. The van der Waals surface area contributed by atoms with E-state index in [-0.39, 0.29) is 0 Å². The molecule has 1 rings (SSSR count). The molecule has 0 bridgehead atoms. The molecular formula is C14H24BN2. The molecule has 3 heteroatoms. The SMILES string of the molecule is CC(C)N([B]c1ccc(N(C)C)cc1)C(C)C. The summed E-state index contributed by atoms with van der Waals surface area (Å²) in [5.41, 5.74) is 2.50. The van der Waals surface area contributed by atoms with E-state index in [9.17, 15) is 0 Å². The van der Waals surface area contributed by atoms with Crippen LogP contribution >= 0.6 is 0 Å². The van der Waals surface area contributed by atoms with Gasteiger partial charge in [0.05, 0.1) is 0 Å². The van der Waals surface area contributed by atoms with Crippen molar-refractivity contribution in [1.82, 2.24) is 4.81 Å². The standard InChI is InChI=1S/C14H24BN2/c1-11(2)17(12(3)4)15-13-7-9-14(10-8-13)16(5)6/h7-12H,1-6H3. The molecule has 93 valence electrons. The molecule has 0 saturated heterocycles. The summed E-state index contributed by atoms with van der Waals surface area (Å²) in [6.45, 7) is 8.91. The number of anilines is 1. The fourth-order valence-electron chi connectivity index (χ4n) is 1.93. The van der Waals surface area contributed by atoms with Gasteiger partial charge >= 0.3 is 0 Å². The van der Waals surface area contributed by atoms with E-state index < -0.39 is 0 Å². The Bertz CT molecular complexity index is 323. The van der Waals surface area contributed by atoms with Gasteiger partial charge in [0.2, 0.25) is 7.41 Å². The molecule has 1 aromatic carbocycles. The third kappa shape index (κ3) is 4.08. The number of nitrogens with zero attached hydrogens (tertiary/aromatic N) is 2. The van der Waals surface area contributed by atoms with Crippen molar-refractivity contribution in [3.05, 3.63) is 24.3 Å². The summed E-state index contributed by atoms with van der Waals surface area (Å²) in [5, 5.41) is 0. The highest BCUT2D eigenvalue weighted by Crippen LogP contribution is 2.08. The summed E-state index contributed by atoms with van der Waals surface area (Å²) in [6, 6.07) is 9.72. The second-order valence-electron chi connectivity index (χ2n) is 5.25. The molecule has 0 atom stereocenters. The Balaban J connectivity index is 2.73. The summed E-state index contributed by atoms with van der Waals surface area (Å²) in [4.78, 5) is 4.50. The zero-order valence-electron chi connectivity index (χ0n) is 11.9. The predicted octanol–water partition coefficient (Wildman–Crippen LogP) is 2.12. The molecule has 0 aliphatic heterocycles. The van der Waals surface area contributed by atoms with Crippen LogP contribution in [0, 0.1) is 0 Å². The second-order valence-corrected chi connectivity index (χ2v) is 5.25. The van der Waals surface area contributed by atoms with Crippen LogP contribution in [0.3, 0.4) is 0 Å². The van der Waals surface area contributed by atoms with E-state index in [1.165, 1.54) is 11.2 Å². The Morgan fingerprint density at radius 1 is 0.882 bits per heavy atom. The van der Waals surface area contributed by atoms with Crippen LogP contribution < -0.4 is 10.4 Å². The third-order valence-corrected chi connectivity index (χ3v) is 2.90. The van der Waals surface area contributed by atoms with Crippen LogP contribution in [-0.4, -0.2) is 38.4 Å². The monoisotopic (exact) mass is 231 g/mol. The first-order valence-corrected chi connectivity index (χ1v) is 6.31. The molecule has 0 fully saturated rings. The molecular weight excluding hydrogens is 207 g/mol. The zero-order chi connectivity index (χ0) is 13.0. The summed E-state index contributed by atoms with van der Waals surface area (Å²) in [6.07, 6.45) is 0. The highest BCUT2D eigenvalue weighted by molar-refractivity contribution is 6.50. The van der Waals surface area contributed by atoms with E-state index in [1.54, 1.807) is 0 Å². The Kier molecular flexibility index (Phi) is 5.07. The fraction of sp³-hybridized carbons (Fsp3) is 0.571. The fourth-order valence-corrected chi connectivity index (χ4v) is 1.93. The van der Waals surface area contributed by atoms with Gasteiger partial charge in [0.15, 0.2) is 0 Å². The average Bonchev–Trinajstić information content (AvgIpc) is 2.25. The lowest BCUT2D eigenvalue weighted by atomic mass is 9.78. The molecule has 0 unspecified atom stereocenters. The maximum absolute atomic E-state index is 2.38. The van der Waals surface area contributed by atoms with Gasteiger partial charge in [0, 0.05) is 19.8 Å². The van der Waals surface area contributed by atoms with Crippen LogP contribution in [-0.2, 0) is 0 Å². The number of hydrogen-bond donors (Lipinski definition) is 0. The third-order valence-electron chi connectivity index (χ3n) is 2.90. The molecule has 0 heterocycles. The topological polar surface area (TPSA) is 6.48 Å². The van der Waals surface area contributed by atoms with Crippen molar-refractivity contribution in [3.8, 4) is 0 Å². The van der Waals surface area contributed by atoms with Crippen molar-refractivity contribution in [2.24, 2.45) is 0 Å². The van der Waals surface area contributed by atoms with Gasteiger partial charge < -0.3 is 9.71 Å². The zero-order valence-corrected chi connectivity index (χ0v) is 11.9. The van der Waals surface area contributed by atoms with Gasteiger partial charge in [-0.3, -0.25) is 0 Å². The molecule has 0 aromatic heterocycles. The van der Waals surface area contributed by atoms with Crippen LogP contribution in [0.15, 0.2) is 24.3 Å². The van der Waals surface area contributed by atoms with Crippen molar-refractivity contribution in [2.75, 3.05) is 19.0 Å². The maximum atomic E-state index is 2.38. The molecule has 0 aliphatic rings. The van der Waals surface area contributed by atoms with Crippen LogP contribution in [0.5, 0.6) is 0 Å². The Morgan fingerprint density at radius 2 is 1.35 bits per heavy atom. The second kappa shape index (κ2) is 6.11. The molecule has 0 aliphatic carbocycles. The molecule has 0 spiro atoms. The van der Waals surface area contributed by atoms with Crippen LogP contribution in [0.1, 0.15) is 27.7 Å². The number of benzene rings is 1. The summed E-state index contributed by atoms with van der Waals surface area (Å²) in [5.74, 6) is 0. The first kappa shape index (κ1) is 14.1. The van der Waals surface area contributed by atoms with E-state index in [0.29, 0.717) is 12.1 Å². The lowest BCUT2D eigenvalue weighted by Crippen LogP contribution is -2.45. The van der Waals surface area contributed by atoms with E-state index in [1.807, 2.05) is 0 Å². The minimum atomic E-state index is 0.531. The van der Waals surface area contributed by atoms with E-state index in [2.05, 4.69) is 83.2 Å². The van der Waals surface area contributed by atoms with Gasteiger partial charge in [-0.15, -0.1) is 0 Å². The van der Waals surface area contributed by atoms with Gasteiger partial charge in [-0.05, 0) is 24.2 Å². The van der Waals surface area contributed by atoms with E-state index >= 15 is 0 Å². The molecule has 0 N–H and O–H groups in total. The molecule has 2 nitrogen and oxygen atoms in total. The lowest BCUT2D eigenvalue weighted by molar-refractivity contribution is 0.315. The first-order chi connectivity index (χ1) is 7.91. The van der Waals surface area contributed by atoms with Gasteiger partial charge in [-0.1, -0.05) is 45.3 Å². The minimum absolute atomic E-state index is 0.531. The van der Waals surface area contributed by atoms with Crippen LogP contribution in [0.2, 0.25) is 0 Å². The van der Waals surface area contributed by atoms with Gasteiger partial charge in [-0.25, -0.2) is 0 Å². The minimum Gasteiger partial charge on any atom is -0.378 e. The van der Waals surface area contributed by atoms with Crippen molar-refractivity contribution in [2.45, 2.75) is 39.8 Å². The normalized spacial score (nSPS) is 11.4. The van der Waals surface area contributed by atoms with E-state index in [0.717, 1.165) is 0 Å². The van der Waals surface area contributed by atoms with Crippen LogP contribution in [0.4, 0.5) is 5.69 Å². The van der Waals surface area contributed by atoms with Crippen molar-refractivity contribution in [3.63, 3.8) is 0 Å². The summed E-state index contributed by atoms with van der Waals surface area (Å²) in [7, 11) is 6.37. The molecule has 1 aromatic rings. The van der Waals surface area contributed by atoms with Crippen LogP contribution in [0.25, 0.3) is 0 Å². The van der Waals surface area contributed by atoms with Gasteiger partial charge in [0.25, 0.3) is 0 Å². The number of rotatable bonds is 5. The Labute approximate surface area is 107 Å². The van der Waals surface area contributed by atoms with Gasteiger partial charge in [0.1, 0.15) is 0 Å². The highest BCUT2D eigenvalue weighted by atomic mass is 15.1. The van der Waals surface area contributed by atoms with Crippen molar-refractivity contribution in [1.29, 1.82) is 0 Å². The Hall–Kier alpha value is -0.955. The summed E-state index contributed by atoms with van der Waals surface area (Å²) < 4.78 is 0. The molecule has 0 saturated carbocycles. The van der Waals surface area contributed by atoms with Crippen molar-refractivity contribution >= 4 is 18.6 Å². The lowest BCUT2D eigenvalue weighted by Gasteiger charge is -2.30. The molecule has 0 amide bonds. The predicted molar refractivity (Wildman–Crippen MR) is 78.3 cm³/mol. The largest absolute Gasteiger partial charge is 0.378 e. The smallest absolute Gasteiger partial charge is 0.248 e. The first-order valence-electron chi connectivity index (χ1n) is 6.31. The van der Waals surface area contributed by atoms with E-state index in [4.69, 9.17) is 0 Å². The highest BCUT2D eigenvalue weighted by Gasteiger charge is 2.15. The quantitative estimate of drug-likeness (QED) is 0.716.